The molecule has 2 fully saturated rings. The van der Waals surface area contributed by atoms with Crippen LogP contribution in [0, 0.1) is 17.3 Å². The van der Waals surface area contributed by atoms with Crippen LogP contribution in [-0.4, -0.2) is 13.2 Å². The van der Waals surface area contributed by atoms with E-state index >= 15 is 0 Å². The third-order valence-electron chi connectivity index (χ3n) is 5.16. The molecule has 0 aromatic carbocycles. The molecule has 0 aromatic heterocycles. The summed E-state index contributed by atoms with van der Waals surface area (Å²) in [5, 5.41) is 0. The molecule has 0 heterocycles. The summed E-state index contributed by atoms with van der Waals surface area (Å²) in [7, 11) is 1.88. The summed E-state index contributed by atoms with van der Waals surface area (Å²) in [6, 6.07) is 0. The zero-order valence-corrected chi connectivity index (χ0v) is 12.2. The van der Waals surface area contributed by atoms with Crippen LogP contribution in [0.15, 0.2) is 11.1 Å². The normalized spacial score (nSPS) is 42.2. The van der Waals surface area contributed by atoms with Gasteiger partial charge in [0, 0.05) is 7.11 Å². The van der Waals surface area contributed by atoms with E-state index in [-0.39, 0.29) is 0 Å². The molecule has 17 heavy (non-hydrogen) atoms. The fourth-order valence-electron chi connectivity index (χ4n) is 4.53. The number of ether oxygens (including phenoxy) is 1. The van der Waals surface area contributed by atoms with Crippen LogP contribution in [0.1, 0.15) is 59.8 Å². The van der Waals surface area contributed by atoms with E-state index in [9.17, 15) is 0 Å². The zero-order chi connectivity index (χ0) is 12.6. The molecule has 0 saturated heterocycles. The van der Waals surface area contributed by atoms with Gasteiger partial charge in [-0.15, -0.1) is 0 Å². The van der Waals surface area contributed by atoms with E-state index in [4.69, 9.17) is 4.74 Å². The minimum absolute atomic E-state index is 0.483. The predicted octanol–water partition coefficient (Wildman–Crippen LogP) is 4.57. The number of rotatable bonds is 1. The topological polar surface area (TPSA) is 9.23 Å². The zero-order valence-electron chi connectivity index (χ0n) is 12.2. The largest absolute Gasteiger partial charge is 0.381 e. The summed E-state index contributed by atoms with van der Waals surface area (Å²) in [6.07, 6.45) is 7.34. The second-order valence-corrected chi connectivity index (χ2v) is 6.84. The standard InChI is InChI=1S/C16H28O/c1-11(2)14-6-7-16(10-14)8-12(3)15(17-5)13(4)9-16/h12-13,15H,6-10H2,1-5H3. The summed E-state index contributed by atoms with van der Waals surface area (Å²) in [5.74, 6) is 1.44. The lowest BCUT2D eigenvalue weighted by Crippen LogP contribution is -2.40. The monoisotopic (exact) mass is 236 g/mol. The Hall–Kier alpha value is -0.300. The van der Waals surface area contributed by atoms with Gasteiger partial charge in [0.05, 0.1) is 6.10 Å². The van der Waals surface area contributed by atoms with E-state index in [1.54, 1.807) is 11.1 Å². The van der Waals surface area contributed by atoms with Crippen LogP contribution in [0.25, 0.3) is 0 Å². The fourth-order valence-corrected chi connectivity index (χ4v) is 4.53. The molecular weight excluding hydrogens is 208 g/mol. The maximum atomic E-state index is 5.68. The quantitative estimate of drug-likeness (QED) is 0.606. The van der Waals surface area contributed by atoms with Gasteiger partial charge in [-0.2, -0.15) is 0 Å². The van der Waals surface area contributed by atoms with Gasteiger partial charge in [0.25, 0.3) is 0 Å². The molecule has 0 amide bonds. The second kappa shape index (κ2) is 4.76. The lowest BCUT2D eigenvalue weighted by molar-refractivity contribution is -0.0505. The molecule has 0 aromatic rings. The summed E-state index contributed by atoms with van der Waals surface area (Å²) >= 11 is 0. The highest BCUT2D eigenvalue weighted by Crippen LogP contribution is 2.54. The fraction of sp³-hybridized carbons (Fsp3) is 0.875. The van der Waals surface area contributed by atoms with Crippen LogP contribution in [0.4, 0.5) is 0 Å². The van der Waals surface area contributed by atoms with Gasteiger partial charge in [-0.05, 0) is 63.2 Å². The highest BCUT2D eigenvalue weighted by molar-refractivity contribution is 5.18. The van der Waals surface area contributed by atoms with E-state index in [1.807, 2.05) is 7.11 Å². The first-order valence-electron chi connectivity index (χ1n) is 7.15. The first-order chi connectivity index (χ1) is 7.97. The molecule has 1 heteroatoms. The number of hydrogen-bond acceptors (Lipinski definition) is 1. The highest BCUT2D eigenvalue weighted by atomic mass is 16.5. The summed E-state index contributed by atoms with van der Waals surface area (Å²) in [4.78, 5) is 0. The van der Waals surface area contributed by atoms with Crippen LogP contribution >= 0.6 is 0 Å². The molecule has 1 spiro atoms. The first kappa shape index (κ1) is 13.1. The van der Waals surface area contributed by atoms with Crippen molar-refractivity contribution in [1.82, 2.24) is 0 Å². The molecule has 2 saturated carbocycles. The van der Waals surface area contributed by atoms with Gasteiger partial charge in [0.1, 0.15) is 0 Å². The molecule has 0 aliphatic heterocycles. The van der Waals surface area contributed by atoms with Crippen molar-refractivity contribution in [2.75, 3.05) is 7.11 Å². The minimum atomic E-state index is 0.483. The Morgan fingerprint density at radius 1 is 1.18 bits per heavy atom. The molecule has 2 unspecified atom stereocenters. The van der Waals surface area contributed by atoms with E-state index in [0.29, 0.717) is 11.5 Å². The second-order valence-electron chi connectivity index (χ2n) is 6.84. The van der Waals surface area contributed by atoms with Crippen LogP contribution in [0.5, 0.6) is 0 Å². The lowest BCUT2D eigenvalue weighted by Gasteiger charge is -2.44. The van der Waals surface area contributed by atoms with Crippen molar-refractivity contribution in [3.63, 3.8) is 0 Å². The van der Waals surface area contributed by atoms with Crippen molar-refractivity contribution in [3.8, 4) is 0 Å². The number of allylic oxidation sites excluding steroid dienone is 2. The van der Waals surface area contributed by atoms with Crippen molar-refractivity contribution in [3.05, 3.63) is 11.1 Å². The molecule has 2 rings (SSSR count). The maximum Gasteiger partial charge on any atom is 0.0622 e. The molecule has 2 aliphatic carbocycles. The molecule has 0 N–H and O–H groups in total. The summed E-state index contributed by atoms with van der Waals surface area (Å²) in [6.45, 7) is 9.32. The third-order valence-corrected chi connectivity index (χ3v) is 5.16. The molecule has 2 aliphatic rings. The Morgan fingerprint density at radius 2 is 1.76 bits per heavy atom. The average Bonchev–Trinajstić information content (AvgIpc) is 2.61. The van der Waals surface area contributed by atoms with E-state index < -0.39 is 0 Å². The molecule has 98 valence electrons. The minimum Gasteiger partial charge on any atom is -0.381 e. The Labute approximate surface area is 107 Å². The van der Waals surface area contributed by atoms with Gasteiger partial charge < -0.3 is 4.74 Å². The van der Waals surface area contributed by atoms with Gasteiger partial charge in [-0.25, -0.2) is 0 Å². The van der Waals surface area contributed by atoms with Gasteiger partial charge in [-0.1, -0.05) is 25.0 Å². The van der Waals surface area contributed by atoms with Crippen LogP contribution in [0.3, 0.4) is 0 Å². The SMILES string of the molecule is COC1C(C)CC2(CCC(=C(C)C)C2)CC1C. The van der Waals surface area contributed by atoms with E-state index in [1.165, 1.54) is 32.1 Å². The van der Waals surface area contributed by atoms with Gasteiger partial charge in [0.2, 0.25) is 0 Å². The van der Waals surface area contributed by atoms with Crippen molar-refractivity contribution >= 4 is 0 Å². The third kappa shape index (κ3) is 2.45. The van der Waals surface area contributed by atoms with Crippen molar-refractivity contribution in [2.45, 2.75) is 65.9 Å². The Morgan fingerprint density at radius 3 is 2.18 bits per heavy atom. The first-order valence-corrected chi connectivity index (χ1v) is 7.15. The molecule has 0 radical (unpaired) electrons. The number of methoxy groups -OCH3 is 1. The molecular formula is C16H28O. The van der Waals surface area contributed by atoms with Crippen molar-refractivity contribution in [2.24, 2.45) is 17.3 Å². The van der Waals surface area contributed by atoms with E-state index in [2.05, 4.69) is 27.7 Å². The van der Waals surface area contributed by atoms with Crippen LogP contribution < -0.4 is 0 Å². The maximum absolute atomic E-state index is 5.68. The lowest BCUT2D eigenvalue weighted by atomic mass is 9.64. The van der Waals surface area contributed by atoms with Crippen molar-refractivity contribution in [1.29, 1.82) is 0 Å². The van der Waals surface area contributed by atoms with Crippen molar-refractivity contribution < 1.29 is 4.74 Å². The van der Waals surface area contributed by atoms with E-state index in [0.717, 1.165) is 11.8 Å². The summed E-state index contributed by atoms with van der Waals surface area (Å²) < 4.78 is 5.68. The van der Waals surface area contributed by atoms with Crippen LogP contribution in [0.2, 0.25) is 0 Å². The Balaban J connectivity index is 2.12. The molecule has 2 atom stereocenters. The van der Waals surface area contributed by atoms with Gasteiger partial charge >= 0.3 is 0 Å². The predicted molar refractivity (Wildman–Crippen MR) is 73.0 cm³/mol. The smallest absolute Gasteiger partial charge is 0.0622 e. The van der Waals surface area contributed by atoms with Crippen LogP contribution in [-0.2, 0) is 4.74 Å². The molecule has 1 nitrogen and oxygen atoms in total. The Bertz CT molecular complexity index is 299. The molecule has 0 bridgehead atoms. The average molecular weight is 236 g/mol. The Kier molecular flexibility index (Phi) is 3.68. The number of hydrogen-bond donors (Lipinski definition) is 0. The highest BCUT2D eigenvalue weighted by Gasteiger charge is 2.45. The summed E-state index contributed by atoms with van der Waals surface area (Å²) in [5.41, 5.74) is 3.91. The van der Waals surface area contributed by atoms with Gasteiger partial charge in [-0.3, -0.25) is 0 Å². The van der Waals surface area contributed by atoms with Gasteiger partial charge in [0.15, 0.2) is 0 Å².